The quantitative estimate of drug-likeness (QED) is 0.641. The zero-order valence-corrected chi connectivity index (χ0v) is 17.1. The Morgan fingerprint density at radius 1 is 1.13 bits per heavy atom. The SMILES string of the molecule is COC(=O)c1ccccc1NC(=O)c1oc2ccc3c(c2c1C)C(=O)CC(C)(C)O3. The number of ether oxygens (including phenoxy) is 2. The van der Waals surface area contributed by atoms with Crippen LogP contribution in [0.3, 0.4) is 0 Å². The minimum absolute atomic E-state index is 0.0567. The molecule has 4 rings (SSSR count). The Labute approximate surface area is 173 Å². The fourth-order valence-corrected chi connectivity index (χ4v) is 3.77. The largest absolute Gasteiger partial charge is 0.487 e. The molecule has 7 heteroatoms. The van der Waals surface area contributed by atoms with Crippen molar-refractivity contribution >= 4 is 34.3 Å². The number of furan rings is 1. The molecule has 30 heavy (non-hydrogen) atoms. The van der Waals surface area contributed by atoms with E-state index in [1.54, 1.807) is 43.3 Å². The maximum Gasteiger partial charge on any atom is 0.339 e. The van der Waals surface area contributed by atoms with Crippen LogP contribution in [-0.2, 0) is 4.74 Å². The summed E-state index contributed by atoms with van der Waals surface area (Å²) in [5.41, 5.74) is 1.33. The zero-order valence-electron chi connectivity index (χ0n) is 17.1. The second kappa shape index (κ2) is 7.02. The van der Waals surface area contributed by atoms with Crippen LogP contribution in [0.2, 0.25) is 0 Å². The number of ketones is 1. The summed E-state index contributed by atoms with van der Waals surface area (Å²) in [6, 6.07) is 9.91. The van der Waals surface area contributed by atoms with Crippen molar-refractivity contribution in [3.05, 3.63) is 58.8 Å². The van der Waals surface area contributed by atoms with E-state index in [9.17, 15) is 14.4 Å². The monoisotopic (exact) mass is 407 g/mol. The van der Waals surface area contributed by atoms with E-state index < -0.39 is 17.5 Å². The number of rotatable bonds is 3. The highest BCUT2D eigenvalue weighted by Gasteiger charge is 2.35. The van der Waals surface area contributed by atoms with Crippen LogP contribution >= 0.6 is 0 Å². The minimum Gasteiger partial charge on any atom is -0.487 e. The van der Waals surface area contributed by atoms with E-state index in [2.05, 4.69) is 5.32 Å². The summed E-state index contributed by atoms with van der Waals surface area (Å²) < 4.78 is 16.5. The molecule has 2 aromatic carbocycles. The number of nitrogens with one attached hydrogen (secondary N) is 1. The summed E-state index contributed by atoms with van der Waals surface area (Å²) in [6.07, 6.45) is 0.234. The van der Waals surface area contributed by atoms with Gasteiger partial charge in [0.15, 0.2) is 11.5 Å². The average Bonchev–Trinajstić information content (AvgIpc) is 3.03. The van der Waals surface area contributed by atoms with Crippen LogP contribution in [0.1, 0.15) is 57.1 Å². The van der Waals surface area contributed by atoms with Crippen LogP contribution < -0.4 is 10.1 Å². The van der Waals surface area contributed by atoms with Gasteiger partial charge in [-0.2, -0.15) is 0 Å². The topological polar surface area (TPSA) is 94.8 Å². The Morgan fingerprint density at radius 2 is 1.87 bits per heavy atom. The van der Waals surface area contributed by atoms with Gasteiger partial charge in [-0.25, -0.2) is 4.79 Å². The van der Waals surface area contributed by atoms with Gasteiger partial charge in [-0.15, -0.1) is 0 Å². The average molecular weight is 407 g/mol. The predicted octanol–water partition coefficient (Wildman–Crippen LogP) is 4.52. The Hall–Kier alpha value is -3.61. The lowest BCUT2D eigenvalue weighted by atomic mass is 9.90. The summed E-state index contributed by atoms with van der Waals surface area (Å²) in [6.45, 7) is 5.44. The summed E-state index contributed by atoms with van der Waals surface area (Å²) in [5.74, 6) is -0.602. The fourth-order valence-electron chi connectivity index (χ4n) is 3.77. The third kappa shape index (κ3) is 3.22. The van der Waals surface area contributed by atoms with Gasteiger partial charge < -0.3 is 19.2 Å². The number of aryl methyl sites for hydroxylation is 1. The second-order valence-corrected chi connectivity index (χ2v) is 7.82. The molecule has 154 valence electrons. The molecule has 1 amide bonds. The van der Waals surface area contributed by atoms with Crippen LogP contribution in [-0.4, -0.2) is 30.4 Å². The van der Waals surface area contributed by atoms with Crippen LogP contribution in [0.15, 0.2) is 40.8 Å². The van der Waals surface area contributed by atoms with Crippen molar-refractivity contribution in [1.29, 1.82) is 0 Å². The van der Waals surface area contributed by atoms with Crippen LogP contribution in [0.4, 0.5) is 5.69 Å². The summed E-state index contributed by atoms with van der Waals surface area (Å²) in [5, 5.41) is 3.27. The highest BCUT2D eigenvalue weighted by molar-refractivity contribution is 6.15. The number of methoxy groups -OCH3 is 1. The summed E-state index contributed by atoms with van der Waals surface area (Å²) in [7, 11) is 1.27. The van der Waals surface area contributed by atoms with E-state index in [1.165, 1.54) is 7.11 Å². The third-order valence-electron chi connectivity index (χ3n) is 5.09. The molecule has 0 spiro atoms. The van der Waals surface area contributed by atoms with Crippen molar-refractivity contribution in [2.24, 2.45) is 0 Å². The number of anilines is 1. The maximum absolute atomic E-state index is 12.9. The van der Waals surface area contributed by atoms with Gasteiger partial charge in [0.25, 0.3) is 5.91 Å². The lowest BCUT2D eigenvalue weighted by Crippen LogP contribution is -2.35. The number of esters is 1. The van der Waals surface area contributed by atoms with Crippen molar-refractivity contribution < 1.29 is 28.3 Å². The zero-order chi connectivity index (χ0) is 21.6. The van der Waals surface area contributed by atoms with Crippen LogP contribution in [0.25, 0.3) is 11.0 Å². The Bertz CT molecular complexity index is 1200. The molecule has 0 saturated heterocycles. The first-order valence-corrected chi connectivity index (χ1v) is 9.49. The molecular formula is C23H21NO6. The fraction of sp³-hybridized carbons (Fsp3) is 0.261. The lowest BCUT2D eigenvalue weighted by molar-refractivity contribution is 0.0597. The third-order valence-corrected chi connectivity index (χ3v) is 5.09. The first-order chi connectivity index (χ1) is 14.2. The molecule has 3 aromatic rings. The van der Waals surface area contributed by atoms with Crippen molar-refractivity contribution in [2.45, 2.75) is 32.8 Å². The van der Waals surface area contributed by atoms with Crippen molar-refractivity contribution in [1.82, 2.24) is 0 Å². The van der Waals surface area contributed by atoms with E-state index in [0.29, 0.717) is 33.5 Å². The van der Waals surface area contributed by atoms with Crippen molar-refractivity contribution in [3.8, 4) is 5.75 Å². The molecule has 0 aliphatic carbocycles. The summed E-state index contributed by atoms with van der Waals surface area (Å²) in [4.78, 5) is 37.7. The number of hydrogen-bond acceptors (Lipinski definition) is 6. The Morgan fingerprint density at radius 3 is 2.60 bits per heavy atom. The first kappa shape index (κ1) is 19.7. The molecule has 0 saturated carbocycles. The Kier molecular flexibility index (Phi) is 4.61. The molecule has 1 aliphatic rings. The van der Waals surface area contributed by atoms with E-state index in [1.807, 2.05) is 13.8 Å². The number of hydrogen-bond donors (Lipinski definition) is 1. The number of benzene rings is 2. The summed E-state index contributed by atoms with van der Waals surface area (Å²) >= 11 is 0. The molecule has 0 fully saturated rings. The predicted molar refractivity (Wildman–Crippen MR) is 110 cm³/mol. The van der Waals surface area contributed by atoms with E-state index >= 15 is 0 Å². The van der Waals surface area contributed by atoms with Crippen LogP contribution in [0.5, 0.6) is 5.75 Å². The van der Waals surface area contributed by atoms with E-state index in [4.69, 9.17) is 13.9 Å². The molecule has 0 radical (unpaired) electrons. The number of Topliss-reactive ketones (excluding diaryl/α,β-unsaturated/α-hetero) is 1. The van der Waals surface area contributed by atoms with Gasteiger partial charge >= 0.3 is 5.97 Å². The standard InChI is InChI=1S/C23H21NO6/c1-12-18-16(9-10-17-19(18)15(25)11-23(2,3)30-17)29-20(12)21(26)24-14-8-6-5-7-13(14)22(27)28-4/h5-10H,11H2,1-4H3,(H,24,26). The molecular weight excluding hydrogens is 386 g/mol. The van der Waals surface area contributed by atoms with Gasteiger partial charge in [0.1, 0.15) is 16.9 Å². The smallest absolute Gasteiger partial charge is 0.339 e. The first-order valence-electron chi connectivity index (χ1n) is 9.49. The van der Waals surface area contributed by atoms with Gasteiger partial charge in [-0.05, 0) is 45.0 Å². The molecule has 1 aromatic heterocycles. The van der Waals surface area contributed by atoms with Crippen molar-refractivity contribution in [2.75, 3.05) is 12.4 Å². The van der Waals surface area contributed by atoms with E-state index in [0.717, 1.165) is 0 Å². The highest BCUT2D eigenvalue weighted by atomic mass is 16.5. The molecule has 1 N–H and O–H groups in total. The minimum atomic E-state index is -0.590. The Balaban J connectivity index is 1.76. The normalized spacial score (nSPS) is 14.7. The van der Waals surface area contributed by atoms with E-state index in [-0.39, 0.29) is 23.5 Å². The van der Waals surface area contributed by atoms with Gasteiger partial charge in [0.05, 0.1) is 30.3 Å². The van der Waals surface area contributed by atoms with Gasteiger partial charge in [0, 0.05) is 10.9 Å². The number of para-hydroxylation sites is 1. The number of carbonyl (C=O) groups is 3. The molecule has 2 heterocycles. The number of amides is 1. The van der Waals surface area contributed by atoms with Gasteiger partial charge in [-0.1, -0.05) is 12.1 Å². The van der Waals surface area contributed by atoms with Gasteiger partial charge in [-0.3, -0.25) is 9.59 Å². The van der Waals surface area contributed by atoms with Gasteiger partial charge in [0.2, 0.25) is 0 Å². The number of carbonyl (C=O) groups excluding carboxylic acids is 3. The molecule has 0 unspecified atom stereocenters. The molecule has 7 nitrogen and oxygen atoms in total. The second-order valence-electron chi connectivity index (χ2n) is 7.82. The molecule has 1 aliphatic heterocycles. The van der Waals surface area contributed by atoms with Crippen LogP contribution in [0, 0.1) is 6.92 Å². The highest BCUT2D eigenvalue weighted by Crippen LogP contribution is 2.40. The van der Waals surface area contributed by atoms with Crippen molar-refractivity contribution in [3.63, 3.8) is 0 Å². The number of fused-ring (bicyclic) bond motifs is 3. The molecule has 0 bridgehead atoms. The molecule has 0 atom stereocenters. The maximum atomic E-state index is 12.9. The lowest BCUT2D eigenvalue weighted by Gasteiger charge is -2.31.